The molecule has 4 aliphatic carbocycles. The number of carbonyl (C=O) groups excluding carboxylic acids is 4. The number of esters is 2. The van der Waals surface area contributed by atoms with E-state index < -0.39 is 53.8 Å². The number of hydrogen-bond acceptors (Lipinski definition) is 9. The third-order valence-corrected chi connectivity index (χ3v) is 10.4. The van der Waals surface area contributed by atoms with E-state index in [0.29, 0.717) is 19.3 Å². The molecule has 2 N–H and O–H groups in total. The first kappa shape index (κ1) is 28.3. The molecule has 5 rings (SSSR count). The number of ketones is 2. The van der Waals surface area contributed by atoms with Gasteiger partial charge in [0.2, 0.25) is 11.5 Å². The molecule has 10 nitrogen and oxygen atoms in total. The van der Waals surface area contributed by atoms with Crippen molar-refractivity contribution < 1.29 is 48.1 Å². The predicted molar refractivity (Wildman–Crippen MR) is 138 cm³/mol. The number of allylic oxidation sites excluding steroid dienone is 1. The molecule has 0 amide bonds. The van der Waals surface area contributed by atoms with Gasteiger partial charge in [-0.05, 0) is 74.0 Å². The molecule has 1 heterocycles. The van der Waals surface area contributed by atoms with Gasteiger partial charge in [0.15, 0.2) is 12.4 Å². The molecule has 0 spiro atoms. The van der Waals surface area contributed by atoms with Crippen molar-refractivity contribution in [3.63, 3.8) is 0 Å². The van der Waals surface area contributed by atoms with Crippen molar-refractivity contribution >= 4 is 29.5 Å². The lowest BCUT2D eigenvalue weighted by atomic mass is 9.45. The highest BCUT2D eigenvalue weighted by Crippen LogP contribution is 2.68. The summed E-state index contributed by atoms with van der Waals surface area (Å²) in [6, 6.07) is 3.12. The molecular formula is C30H36O10. The number of carboxylic acid groups (broad SMARTS) is 1. The molecule has 0 aromatic carbocycles. The van der Waals surface area contributed by atoms with E-state index in [-0.39, 0.29) is 54.0 Å². The van der Waals surface area contributed by atoms with Crippen LogP contribution in [0.5, 0.6) is 0 Å². The highest BCUT2D eigenvalue weighted by atomic mass is 16.6. The van der Waals surface area contributed by atoms with Crippen LogP contribution in [0.1, 0.15) is 82.2 Å². The van der Waals surface area contributed by atoms with Crippen LogP contribution >= 0.6 is 0 Å². The molecule has 0 aliphatic heterocycles. The Balaban J connectivity index is 1.45. The van der Waals surface area contributed by atoms with Crippen LogP contribution in [0.25, 0.3) is 0 Å². The highest BCUT2D eigenvalue weighted by molar-refractivity contribution is 5.92. The molecule has 3 saturated carbocycles. The number of fused-ring (bicyclic) bond motifs is 5. The van der Waals surface area contributed by atoms with Crippen molar-refractivity contribution in [2.24, 2.45) is 28.6 Å². The summed E-state index contributed by atoms with van der Waals surface area (Å²) in [7, 11) is 0. The van der Waals surface area contributed by atoms with Crippen molar-refractivity contribution in [3.8, 4) is 0 Å². The topological polar surface area (TPSA) is 157 Å². The maximum Gasteiger partial charge on any atom is 0.374 e. The second kappa shape index (κ2) is 10.3. The van der Waals surface area contributed by atoms with Crippen molar-refractivity contribution in [2.75, 3.05) is 6.61 Å². The molecule has 0 bridgehead atoms. The number of ether oxygens (including phenoxy) is 2. The molecule has 1 unspecified atom stereocenters. The second-order valence-electron chi connectivity index (χ2n) is 12.3. The molecule has 216 valence electrons. The number of carbonyl (C=O) groups is 5. The van der Waals surface area contributed by atoms with Crippen molar-refractivity contribution in [1.82, 2.24) is 0 Å². The van der Waals surface area contributed by atoms with Crippen molar-refractivity contribution in [2.45, 2.75) is 83.3 Å². The lowest BCUT2D eigenvalue weighted by molar-refractivity contribution is -0.185. The predicted octanol–water partition coefficient (Wildman–Crippen LogP) is 3.66. The fourth-order valence-electron chi connectivity index (χ4n) is 8.36. The molecule has 10 heteroatoms. The van der Waals surface area contributed by atoms with Crippen LogP contribution in [0.4, 0.5) is 0 Å². The van der Waals surface area contributed by atoms with Gasteiger partial charge in [0.05, 0.1) is 19.1 Å². The number of hydrogen-bond donors (Lipinski definition) is 2. The summed E-state index contributed by atoms with van der Waals surface area (Å²) in [6.45, 7) is 3.34. The van der Waals surface area contributed by atoms with Gasteiger partial charge in [0.25, 0.3) is 0 Å². The SMILES string of the molecule is C[C@]12CCC(=O)C=C1CC[C@@H]1[C@@H]2C(OC(=O)c2ccco2)C[C@@]2(C)[C@H]1CC[C@]2(O)C(=O)COC(=O)CCC(=O)O. The summed E-state index contributed by atoms with van der Waals surface area (Å²) >= 11 is 0. The zero-order valence-electron chi connectivity index (χ0n) is 22.9. The van der Waals surface area contributed by atoms with E-state index >= 15 is 0 Å². The van der Waals surface area contributed by atoms with Crippen LogP contribution in [0.3, 0.4) is 0 Å². The lowest BCUT2D eigenvalue weighted by Crippen LogP contribution is -2.62. The average Bonchev–Trinajstić information content (AvgIpc) is 3.53. The Bertz CT molecular complexity index is 1250. The monoisotopic (exact) mass is 556 g/mol. The quantitative estimate of drug-likeness (QED) is 0.453. The van der Waals surface area contributed by atoms with Crippen molar-refractivity contribution in [1.29, 1.82) is 0 Å². The molecule has 0 radical (unpaired) electrons. The summed E-state index contributed by atoms with van der Waals surface area (Å²) in [6.07, 6.45) is 5.22. The fraction of sp³-hybridized carbons (Fsp3) is 0.633. The fourth-order valence-corrected chi connectivity index (χ4v) is 8.36. The van der Waals surface area contributed by atoms with E-state index in [1.165, 1.54) is 12.3 Å². The second-order valence-corrected chi connectivity index (χ2v) is 12.3. The average molecular weight is 557 g/mol. The summed E-state index contributed by atoms with van der Waals surface area (Å²) in [5, 5.41) is 20.7. The maximum absolute atomic E-state index is 13.5. The van der Waals surface area contributed by atoms with Gasteiger partial charge in [-0.2, -0.15) is 0 Å². The standard InChI is InChI=1S/C30H36O10/c1-28-11-9-18(31)14-17(28)5-6-19-20-10-12-30(37,23(32)16-39-25(35)8-7-24(33)34)29(20,2)15-22(26(19)28)40-27(36)21-4-3-13-38-21/h3-4,13-14,19-20,22,26,37H,5-12,15-16H2,1-2H3,(H,33,34)/t19-,20-,22?,26+,28-,29-,30-/m0/s1. The molecule has 40 heavy (non-hydrogen) atoms. The lowest BCUT2D eigenvalue weighted by Gasteiger charge is -2.60. The first-order valence-corrected chi connectivity index (χ1v) is 14.0. The Labute approximate surface area is 232 Å². The van der Waals surface area contributed by atoms with Crippen LogP contribution in [0.15, 0.2) is 34.5 Å². The number of aliphatic hydroxyl groups is 1. The smallest absolute Gasteiger partial charge is 0.374 e. The first-order valence-electron chi connectivity index (χ1n) is 14.0. The Morgan fingerprint density at radius 1 is 1.10 bits per heavy atom. The van der Waals surface area contributed by atoms with Gasteiger partial charge in [0, 0.05) is 17.8 Å². The van der Waals surface area contributed by atoms with Gasteiger partial charge < -0.3 is 24.1 Å². The normalized spacial score (nSPS) is 36.5. The molecule has 4 aliphatic rings. The number of rotatable bonds is 8. The van der Waals surface area contributed by atoms with Crippen LogP contribution < -0.4 is 0 Å². The Morgan fingerprint density at radius 3 is 2.58 bits per heavy atom. The third-order valence-electron chi connectivity index (χ3n) is 10.4. The molecule has 7 atom stereocenters. The summed E-state index contributed by atoms with van der Waals surface area (Å²) in [5.41, 5.74) is -2.07. The minimum absolute atomic E-state index is 0.0310. The van der Waals surface area contributed by atoms with Gasteiger partial charge in [-0.15, -0.1) is 0 Å². The van der Waals surface area contributed by atoms with Crippen LogP contribution in [0.2, 0.25) is 0 Å². The summed E-state index contributed by atoms with van der Waals surface area (Å²) < 4.78 is 16.5. The maximum atomic E-state index is 13.5. The number of carboxylic acids is 1. The molecular weight excluding hydrogens is 520 g/mol. The Kier molecular flexibility index (Phi) is 7.27. The van der Waals surface area contributed by atoms with Gasteiger partial charge in [-0.1, -0.05) is 19.4 Å². The molecule has 0 saturated heterocycles. The van der Waals surface area contributed by atoms with E-state index in [9.17, 15) is 29.1 Å². The highest BCUT2D eigenvalue weighted by Gasteiger charge is 2.69. The summed E-state index contributed by atoms with van der Waals surface area (Å²) in [5.74, 6) is -3.19. The Hall–Kier alpha value is -3.27. The van der Waals surface area contributed by atoms with E-state index in [4.69, 9.17) is 19.0 Å². The van der Waals surface area contributed by atoms with Crippen LogP contribution in [-0.4, -0.2) is 58.0 Å². The molecule has 1 aromatic heterocycles. The zero-order chi connectivity index (χ0) is 28.9. The van der Waals surface area contributed by atoms with Crippen LogP contribution in [0, 0.1) is 28.6 Å². The van der Waals surface area contributed by atoms with E-state index in [0.717, 1.165) is 18.4 Å². The van der Waals surface area contributed by atoms with Gasteiger partial charge >= 0.3 is 17.9 Å². The van der Waals surface area contributed by atoms with E-state index in [1.807, 2.05) is 6.92 Å². The van der Waals surface area contributed by atoms with Gasteiger partial charge in [-0.3, -0.25) is 19.2 Å². The van der Waals surface area contributed by atoms with Gasteiger partial charge in [0.1, 0.15) is 11.7 Å². The summed E-state index contributed by atoms with van der Waals surface area (Å²) in [4.78, 5) is 61.6. The van der Waals surface area contributed by atoms with Gasteiger partial charge in [-0.25, -0.2) is 4.79 Å². The Morgan fingerprint density at radius 2 is 1.88 bits per heavy atom. The number of aliphatic carboxylic acids is 1. The largest absolute Gasteiger partial charge is 0.481 e. The number of Topliss-reactive ketones (excluding diaryl/α,β-unsaturated/α-hetero) is 1. The van der Waals surface area contributed by atoms with Crippen molar-refractivity contribution in [3.05, 3.63) is 35.8 Å². The molecule has 3 fully saturated rings. The van der Waals surface area contributed by atoms with E-state index in [2.05, 4.69) is 6.92 Å². The minimum atomic E-state index is -1.81. The minimum Gasteiger partial charge on any atom is -0.481 e. The molecule has 1 aromatic rings. The van der Waals surface area contributed by atoms with E-state index in [1.54, 1.807) is 12.1 Å². The first-order chi connectivity index (χ1) is 18.9. The number of furan rings is 1. The third kappa shape index (κ3) is 4.60. The van der Waals surface area contributed by atoms with Crippen LogP contribution in [-0.2, 0) is 28.7 Å². The zero-order valence-corrected chi connectivity index (χ0v) is 22.9.